The van der Waals surface area contributed by atoms with Crippen LogP contribution in [0.4, 0.5) is 5.69 Å². The minimum absolute atomic E-state index is 0.110. The molecule has 1 heterocycles. The van der Waals surface area contributed by atoms with Crippen LogP contribution in [0.25, 0.3) is 0 Å². The average Bonchev–Trinajstić information content (AvgIpc) is 3.05. The molecule has 0 aliphatic rings. The molecule has 0 aliphatic heterocycles. The van der Waals surface area contributed by atoms with Crippen molar-refractivity contribution in [3.8, 4) is 0 Å². The summed E-state index contributed by atoms with van der Waals surface area (Å²) in [5.41, 5.74) is 1.83. The van der Waals surface area contributed by atoms with Gasteiger partial charge in [0.25, 0.3) is 5.91 Å². The molecule has 0 radical (unpaired) electrons. The van der Waals surface area contributed by atoms with Crippen molar-refractivity contribution in [3.63, 3.8) is 0 Å². The third kappa shape index (κ3) is 3.25. The standard InChI is InChI=1S/C18H15NO3S2/c1-13-7-9-14(10-8-13)18(20)19-16-11-23-12-17(16)24(21,22)15-5-3-2-4-6-15/h2-12H,1H3,(H,19,20). The highest BCUT2D eigenvalue weighted by atomic mass is 32.2. The lowest BCUT2D eigenvalue weighted by Crippen LogP contribution is -2.13. The molecular formula is C18H15NO3S2. The van der Waals surface area contributed by atoms with Crippen LogP contribution in [0.2, 0.25) is 0 Å². The third-order valence-electron chi connectivity index (χ3n) is 3.53. The van der Waals surface area contributed by atoms with Gasteiger partial charge in [0, 0.05) is 16.3 Å². The molecule has 1 amide bonds. The first-order valence-electron chi connectivity index (χ1n) is 7.23. The average molecular weight is 357 g/mol. The van der Waals surface area contributed by atoms with E-state index >= 15 is 0 Å². The zero-order chi connectivity index (χ0) is 17.2. The van der Waals surface area contributed by atoms with Crippen LogP contribution in [0.1, 0.15) is 15.9 Å². The van der Waals surface area contributed by atoms with Gasteiger partial charge in [-0.1, -0.05) is 35.9 Å². The second-order valence-corrected chi connectivity index (χ2v) is 7.95. The maximum Gasteiger partial charge on any atom is 0.255 e. The van der Waals surface area contributed by atoms with Crippen molar-refractivity contribution in [1.82, 2.24) is 0 Å². The van der Waals surface area contributed by atoms with Crippen LogP contribution < -0.4 is 5.32 Å². The molecule has 0 unspecified atom stereocenters. The summed E-state index contributed by atoms with van der Waals surface area (Å²) in [6.45, 7) is 1.94. The Hall–Kier alpha value is -2.44. The van der Waals surface area contributed by atoms with Gasteiger partial charge in [0.05, 0.1) is 10.6 Å². The molecule has 6 heteroatoms. The van der Waals surface area contributed by atoms with Crippen molar-refractivity contribution < 1.29 is 13.2 Å². The zero-order valence-electron chi connectivity index (χ0n) is 12.9. The molecular weight excluding hydrogens is 342 g/mol. The second-order valence-electron chi connectivity index (χ2n) is 5.29. The van der Waals surface area contributed by atoms with E-state index in [1.165, 1.54) is 16.7 Å². The molecule has 1 N–H and O–H groups in total. The van der Waals surface area contributed by atoms with Crippen LogP contribution >= 0.6 is 11.3 Å². The number of aryl methyl sites for hydroxylation is 1. The molecule has 3 rings (SSSR count). The van der Waals surface area contributed by atoms with E-state index in [9.17, 15) is 13.2 Å². The van der Waals surface area contributed by atoms with E-state index in [1.54, 1.807) is 47.8 Å². The fraction of sp³-hybridized carbons (Fsp3) is 0.0556. The van der Waals surface area contributed by atoms with Crippen molar-refractivity contribution >= 4 is 32.8 Å². The van der Waals surface area contributed by atoms with Crippen molar-refractivity contribution in [3.05, 3.63) is 76.5 Å². The maximum atomic E-state index is 12.7. The fourth-order valence-corrected chi connectivity index (χ4v) is 4.77. The minimum Gasteiger partial charge on any atom is -0.320 e. The molecule has 1 aromatic heterocycles. The number of benzene rings is 2. The minimum atomic E-state index is -3.67. The second kappa shape index (κ2) is 6.59. The van der Waals surface area contributed by atoms with Crippen molar-refractivity contribution in [1.29, 1.82) is 0 Å². The lowest BCUT2D eigenvalue weighted by Gasteiger charge is -2.08. The summed E-state index contributed by atoms with van der Waals surface area (Å²) in [5.74, 6) is -0.335. The van der Waals surface area contributed by atoms with Gasteiger partial charge in [0.2, 0.25) is 9.84 Å². The molecule has 0 bridgehead atoms. The van der Waals surface area contributed by atoms with Gasteiger partial charge in [-0.2, -0.15) is 0 Å². The molecule has 0 aliphatic carbocycles. The van der Waals surface area contributed by atoms with Gasteiger partial charge >= 0.3 is 0 Å². The smallest absolute Gasteiger partial charge is 0.255 e. The molecule has 24 heavy (non-hydrogen) atoms. The maximum absolute atomic E-state index is 12.7. The number of thiophene rings is 1. The lowest BCUT2D eigenvalue weighted by atomic mass is 10.1. The van der Waals surface area contributed by atoms with Crippen LogP contribution in [0.15, 0.2) is 75.1 Å². The molecule has 0 spiro atoms. The van der Waals surface area contributed by atoms with Crippen LogP contribution in [0, 0.1) is 6.92 Å². The van der Waals surface area contributed by atoms with E-state index in [4.69, 9.17) is 0 Å². The highest BCUT2D eigenvalue weighted by Crippen LogP contribution is 2.31. The van der Waals surface area contributed by atoms with Crippen LogP contribution in [0.5, 0.6) is 0 Å². The number of hydrogen-bond donors (Lipinski definition) is 1. The van der Waals surface area contributed by atoms with E-state index < -0.39 is 9.84 Å². The monoisotopic (exact) mass is 357 g/mol. The van der Waals surface area contributed by atoms with E-state index in [0.29, 0.717) is 11.3 Å². The third-order valence-corrected chi connectivity index (χ3v) is 6.23. The van der Waals surface area contributed by atoms with E-state index in [0.717, 1.165) is 5.56 Å². The Labute approximate surface area is 144 Å². The molecule has 2 aromatic carbocycles. The number of rotatable bonds is 4. The lowest BCUT2D eigenvalue weighted by molar-refractivity contribution is 0.102. The molecule has 0 fully saturated rings. The summed E-state index contributed by atoms with van der Waals surface area (Å²) in [7, 11) is -3.67. The van der Waals surface area contributed by atoms with Gasteiger partial charge in [-0.3, -0.25) is 4.79 Å². The first-order valence-corrected chi connectivity index (χ1v) is 9.65. The fourth-order valence-electron chi connectivity index (χ4n) is 2.21. The Morgan fingerprint density at radius 1 is 0.958 bits per heavy atom. The van der Waals surface area contributed by atoms with Crippen LogP contribution in [-0.4, -0.2) is 14.3 Å². The number of anilines is 1. The zero-order valence-corrected chi connectivity index (χ0v) is 14.5. The van der Waals surface area contributed by atoms with Gasteiger partial charge in [-0.25, -0.2) is 8.42 Å². The van der Waals surface area contributed by atoms with Crippen LogP contribution in [0.3, 0.4) is 0 Å². The van der Waals surface area contributed by atoms with Gasteiger partial charge in [-0.05, 0) is 31.2 Å². The number of sulfone groups is 1. The van der Waals surface area contributed by atoms with Gasteiger partial charge < -0.3 is 5.32 Å². The predicted molar refractivity (Wildman–Crippen MR) is 95.3 cm³/mol. The van der Waals surface area contributed by atoms with Gasteiger partial charge in [-0.15, -0.1) is 11.3 Å². The van der Waals surface area contributed by atoms with Crippen molar-refractivity contribution in [2.24, 2.45) is 0 Å². The highest BCUT2D eigenvalue weighted by Gasteiger charge is 2.23. The van der Waals surface area contributed by atoms with E-state index in [2.05, 4.69) is 5.32 Å². The Bertz CT molecular complexity index is 959. The largest absolute Gasteiger partial charge is 0.320 e. The SMILES string of the molecule is Cc1ccc(C(=O)Nc2cscc2S(=O)(=O)c2ccccc2)cc1. The summed E-state index contributed by atoms with van der Waals surface area (Å²) in [4.78, 5) is 12.7. The summed E-state index contributed by atoms with van der Waals surface area (Å²) in [6, 6.07) is 15.3. The number of amides is 1. The summed E-state index contributed by atoms with van der Waals surface area (Å²) >= 11 is 1.23. The summed E-state index contributed by atoms with van der Waals surface area (Å²) in [5, 5.41) is 5.86. The Morgan fingerprint density at radius 3 is 2.29 bits per heavy atom. The first-order chi connectivity index (χ1) is 11.5. The van der Waals surface area contributed by atoms with E-state index in [1.807, 2.05) is 19.1 Å². The molecule has 122 valence electrons. The Kier molecular flexibility index (Phi) is 4.51. The number of carbonyl (C=O) groups is 1. The van der Waals surface area contributed by atoms with Crippen molar-refractivity contribution in [2.45, 2.75) is 16.7 Å². The number of hydrogen-bond acceptors (Lipinski definition) is 4. The quantitative estimate of drug-likeness (QED) is 0.763. The molecule has 3 aromatic rings. The van der Waals surface area contributed by atoms with Crippen LogP contribution in [-0.2, 0) is 9.84 Å². The summed E-state index contributed by atoms with van der Waals surface area (Å²) in [6.07, 6.45) is 0. The molecule has 0 saturated carbocycles. The first kappa shape index (κ1) is 16.4. The van der Waals surface area contributed by atoms with E-state index in [-0.39, 0.29) is 15.7 Å². The Balaban J connectivity index is 1.91. The molecule has 0 atom stereocenters. The topological polar surface area (TPSA) is 63.2 Å². The highest BCUT2D eigenvalue weighted by molar-refractivity contribution is 7.91. The normalized spacial score (nSPS) is 11.2. The number of nitrogens with one attached hydrogen (secondary N) is 1. The predicted octanol–water partition coefficient (Wildman–Crippen LogP) is 4.14. The van der Waals surface area contributed by atoms with Crippen molar-refractivity contribution in [2.75, 3.05) is 5.32 Å². The molecule has 0 saturated heterocycles. The number of carbonyl (C=O) groups excluding carboxylic acids is 1. The van der Waals surface area contributed by atoms with Gasteiger partial charge in [0.1, 0.15) is 4.90 Å². The Morgan fingerprint density at radius 2 is 1.62 bits per heavy atom. The van der Waals surface area contributed by atoms with Gasteiger partial charge in [0.15, 0.2) is 0 Å². The molecule has 4 nitrogen and oxygen atoms in total. The summed E-state index contributed by atoms with van der Waals surface area (Å²) < 4.78 is 25.5.